The van der Waals surface area contributed by atoms with Crippen molar-refractivity contribution in [2.24, 2.45) is 0 Å². The molecular formula is C13H18BrNO2. The number of rotatable bonds is 6. The molecule has 3 nitrogen and oxygen atoms in total. The summed E-state index contributed by atoms with van der Waals surface area (Å²) in [6.07, 6.45) is 1.45. The van der Waals surface area contributed by atoms with Crippen LogP contribution in [0.25, 0.3) is 0 Å². The number of hydrogen-bond acceptors (Lipinski definition) is 2. The van der Waals surface area contributed by atoms with Crippen molar-refractivity contribution in [1.29, 1.82) is 0 Å². The Morgan fingerprint density at radius 3 is 2.29 bits per heavy atom. The Kier molecular flexibility index (Phi) is 5.65. The Labute approximate surface area is 110 Å². The van der Waals surface area contributed by atoms with E-state index in [-0.39, 0.29) is 6.04 Å². The third kappa shape index (κ3) is 4.13. The van der Waals surface area contributed by atoms with Crippen LogP contribution in [0.5, 0.6) is 0 Å². The molecule has 0 aliphatic rings. The summed E-state index contributed by atoms with van der Waals surface area (Å²) in [7, 11) is 0. The smallest absolute Gasteiger partial charge is 0.320 e. The van der Waals surface area contributed by atoms with Crippen LogP contribution in [-0.4, -0.2) is 17.1 Å². The molecule has 1 aromatic carbocycles. The lowest BCUT2D eigenvalue weighted by atomic mass is 10.0. The SMILES string of the molecule is CCC(NC(CC)c1ccc(Br)cc1)C(=O)O. The maximum atomic E-state index is 11.0. The van der Waals surface area contributed by atoms with E-state index in [1.54, 1.807) is 0 Å². The number of carbonyl (C=O) groups is 1. The minimum absolute atomic E-state index is 0.0872. The molecule has 0 aliphatic heterocycles. The molecule has 0 amide bonds. The zero-order chi connectivity index (χ0) is 12.8. The van der Waals surface area contributed by atoms with Crippen molar-refractivity contribution in [3.63, 3.8) is 0 Å². The van der Waals surface area contributed by atoms with E-state index in [0.29, 0.717) is 6.42 Å². The molecule has 1 aromatic rings. The van der Waals surface area contributed by atoms with Gasteiger partial charge in [-0.05, 0) is 30.5 Å². The summed E-state index contributed by atoms with van der Waals surface area (Å²) in [6.45, 7) is 3.92. The third-order valence-electron chi connectivity index (χ3n) is 2.79. The van der Waals surface area contributed by atoms with E-state index in [9.17, 15) is 4.79 Å². The number of nitrogens with one attached hydrogen (secondary N) is 1. The van der Waals surface area contributed by atoms with Gasteiger partial charge in [0.2, 0.25) is 0 Å². The minimum Gasteiger partial charge on any atom is -0.480 e. The average molecular weight is 300 g/mol. The molecule has 0 saturated heterocycles. The first-order chi connectivity index (χ1) is 8.08. The molecule has 0 fully saturated rings. The van der Waals surface area contributed by atoms with E-state index in [0.717, 1.165) is 16.5 Å². The van der Waals surface area contributed by atoms with Gasteiger partial charge >= 0.3 is 5.97 Å². The lowest BCUT2D eigenvalue weighted by Gasteiger charge is -2.22. The first-order valence-electron chi connectivity index (χ1n) is 5.82. The van der Waals surface area contributed by atoms with Gasteiger partial charge in [-0.3, -0.25) is 10.1 Å². The Morgan fingerprint density at radius 1 is 1.29 bits per heavy atom. The fraction of sp³-hybridized carbons (Fsp3) is 0.462. The molecule has 0 bridgehead atoms. The van der Waals surface area contributed by atoms with E-state index >= 15 is 0 Å². The van der Waals surface area contributed by atoms with Crippen LogP contribution in [-0.2, 0) is 4.79 Å². The lowest BCUT2D eigenvalue weighted by Crippen LogP contribution is -2.38. The zero-order valence-electron chi connectivity index (χ0n) is 10.1. The molecule has 0 spiro atoms. The minimum atomic E-state index is -0.789. The maximum Gasteiger partial charge on any atom is 0.320 e. The Morgan fingerprint density at radius 2 is 1.88 bits per heavy atom. The average Bonchev–Trinajstić information content (AvgIpc) is 2.32. The monoisotopic (exact) mass is 299 g/mol. The largest absolute Gasteiger partial charge is 0.480 e. The normalized spacial score (nSPS) is 14.3. The molecule has 94 valence electrons. The fourth-order valence-electron chi connectivity index (χ4n) is 1.75. The van der Waals surface area contributed by atoms with Crippen molar-refractivity contribution in [3.05, 3.63) is 34.3 Å². The van der Waals surface area contributed by atoms with Gasteiger partial charge in [-0.1, -0.05) is 41.9 Å². The van der Waals surface area contributed by atoms with Crippen LogP contribution in [0.3, 0.4) is 0 Å². The lowest BCUT2D eigenvalue weighted by molar-refractivity contribution is -0.139. The summed E-state index contributed by atoms with van der Waals surface area (Å²) < 4.78 is 1.03. The van der Waals surface area contributed by atoms with Crippen molar-refractivity contribution in [3.8, 4) is 0 Å². The second-order valence-corrected chi connectivity index (χ2v) is 4.89. The summed E-state index contributed by atoms with van der Waals surface area (Å²) in [5.74, 6) is -0.789. The number of aliphatic carboxylic acids is 1. The van der Waals surface area contributed by atoms with Crippen LogP contribution in [0.1, 0.15) is 38.3 Å². The number of carboxylic acid groups (broad SMARTS) is 1. The molecule has 4 heteroatoms. The Bertz CT molecular complexity index is 364. The first-order valence-corrected chi connectivity index (χ1v) is 6.62. The highest BCUT2D eigenvalue weighted by Gasteiger charge is 2.19. The number of carboxylic acids is 1. The highest BCUT2D eigenvalue weighted by molar-refractivity contribution is 9.10. The highest BCUT2D eigenvalue weighted by Crippen LogP contribution is 2.20. The Balaban J connectivity index is 2.77. The molecule has 2 unspecified atom stereocenters. The topological polar surface area (TPSA) is 49.3 Å². The van der Waals surface area contributed by atoms with Crippen LogP contribution in [0.2, 0.25) is 0 Å². The van der Waals surface area contributed by atoms with Gasteiger partial charge in [0, 0.05) is 10.5 Å². The Hall–Kier alpha value is -0.870. The second-order valence-electron chi connectivity index (χ2n) is 3.98. The van der Waals surface area contributed by atoms with E-state index in [1.165, 1.54) is 0 Å². The predicted octanol–water partition coefficient (Wildman–Crippen LogP) is 3.35. The molecule has 2 N–H and O–H groups in total. The molecular weight excluding hydrogens is 282 g/mol. The number of hydrogen-bond donors (Lipinski definition) is 2. The zero-order valence-corrected chi connectivity index (χ0v) is 11.7. The van der Waals surface area contributed by atoms with Crippen LogP contribution >= 0.6 is 15.9 Å². The highest BCUT2D eigenvalue weighted by atomic mass is 79.9. The van der Waals surface area contributed by atoms with Crippen molar-refractivity contribution < 1.29 is 9.90 Å². The van der Waals surface area contributed by atoms with E-state index < -0.39 is 12.0 Å². The first kappa shape index (κ1) is 14.2. The molecule has 0 aliphatic carbocycles. The van der Waals surface area contributed by atoms with E-state index in [1.807, 2.05) is 38.1 Å². The van der Waals surface area contributed by atoms with Crippen LogP contribution in [0, 0.1) is 0 Å². The maximum absolute atomic E-state index is 11.0. The van der Waals surface area contributed by atoms with Crippen LogP contribution in [0.15, 0.2) is 28.7 Å². The predicted molar refractivity (Wildman–Crippen MR) is 72.0 cm³/mol. The molecule has 0 saturated carbocycles. The molecule has 2 atom stereocenters. The summed E-state index contributed by atoms with van der Waals surface area (Å²) >= 11 is 3.39. The molecule has 1 rings (SSSR count). The van der Waals surface area contributed by atoms with Gasteiger partial charge in [0.15, 0.2) is 0 Å². The van der Waals surface area contributed by atoms with Crippen LogP contribution in [0.4, 0.5) is 0 Å². The molecule has 0 aromatic heterocycles. The van der Waals surface area contributed by atoms with E-state index in [2.05, 4.69) is 21.2 Å². The van der Waals surface area contributed by atoms with Gasteiger partial charge in [0.1, 0.15) is 6.04 Å². The van der Waals surface area contributed by atoms with Crippen molar-refractivity contribution in [1.82, 2.24) is 5.32 Å². The molecule has 17 heavy (non-hydrogen) atoms. The van der Waals surface area contributed by atoms with Gasteiger partial charge in [-0.25, -0.2) is 0 Å². The van der Waals surface area contributed by atoms with Gasteiger partial charge in [-0.15, -0.1) is 0 Å². The second kappa shape index (κ2) is 6.77. The van der Waals surface area contributed by atoms with Crippen molar-refractivity contribution in [2.45, 2.75) is 38.8 Å². The van der Waals surface area contributed by atoms with Gasteiger partial charge < -0.3 is 5.11 Å². The number of halogens is 1. The van der Waals surface area contributed by atoms with Crippen molar-refractivity contribution >= 4 is 21.9 Å². The van der Waals surface area contributed by atoms with Gasteiger partial charge in [0.25, 0.3) is 0 Å². The fourth-order valence-corrected chi connectivity index (χ4v) is 2.02. The standard InChI is InChI=1S/C13H18BrNO2/c1-3-11(15-12(4-2)13(16)17)9-5-7-10(14)8-6-9/h5-8,11-12,15H,3-4H2,1-2H3,(H,16,17). The van der Waals surface area contributed by atoms with E-state index in [4.69, 9.17) is 5.11 Å². The number of benzene rings is 1. The summed E-state index contributed by atoms with van der Waals surface area (Å²) in [6, 6.07) is 7.58. The van der Waals surface area contributed by atoms with Crippen LogP contribution < -0.4 is 5.32 Å². The third-order valence-corrected chi connectivity index (χ3v) is 3.32. The van der Waals surface area contributed by atoms with Gasteiger partial charge in [0.05, 0.1) is 0 Å². The summed E-state index contributed by atoms with van der Waals surface area (Å²) in [4.78, 5) is 11.0. The summed E-state index contributed by atoms with van der Waals surface area (Å²) in [5.41, 5.74) is 1.12. The molecule has 0 heterocycles. The molecule has 0 radical (unpaired) electrons. The quantitative estimate of drug-likeness (QED) is 0.847. The summed E-state index contributed by atoms with van der Waals surface area (Å²) in [5, 5.41) is 12.2. The van der Waals surface area contributed by atoms with Crippen molar-refractivity contribution in [2.75, 3.05) is 0 Å². The van der Waals surface area contributed by atoms with Gasteiger partial charge in [-0.2, -0.15) is 0 Å².